The van der Waals surface area contributed by atoms with Crippen molar-refractivity contribution in [3.05, 3.63) is 28.3 Å². The molecule has 0 atom stereocenters. The molecule has 1 saturated heterocycles. The molecule has 0 spiro atoms. The molecular formula is C14H17ClN4O3. The maximum atomic E-state index is 11.8. The number of halogens is 1. The molecule has 22 heavy (non-hydrogen) atoms. The van der Waals surface area contributed by atoms with Crippen molar-refractivity contribution in [2.75, 3.05) is 25.0 Å². The summed E-state index contributed by atoms with van der Waals surface area (Å²) in [5.74, 6) is -0.295. The van der Waals surface area contributed by atoms with Gasteiger partial charge in [0, 0.05) is 23.8 Å². The van der Waals surface area contributed by atoms with E-state index in [1.54, 1.807) is 12.1 Å². The third-order valence-electron chi connectivity index (χ3n) is 3.25. The Hall–Kier alpha value is -2.28. The van der Waals surface area contributed by atoms with Gasteiger partial charge in [-0.05, 0) is 37.1 Å². The second kappa shape index (κ2) is 6.65. The molecule has 0 saturated carbocycles. The molecule has 1 aromatic carbocycles. The summed E-state index contributed by atoms with van der Waals surface area (Å²) in [5, 5.41) is 8.36. The second-order valence-corrected chi connectivity index (χ2v) is 5.39. The van der Waals surface area contributed by atoms with Crippen molar-refractivity contribution in [2.45, 2.75) is 13.8 Å². The van der Waals surface area contributed by atoms with E-state index in [9.17, 15) is 14.4 Å². The van der Waals surface area contributed by atoms with Crippen molar-refractivity contribution in [3.63, 3.8) is 0 Å². The molecular weight excluding hydrogens is 308 g/mol. The van der Waals surface area contributed by atoms with Crippen LogP contribution in [0.2, 0.25) is 5.02 Å². The molecule has 7 nitrogen and oxygen atoms in total. The average Bonchev–Trinajstić information content (AvgIpc) is 2.76. The molecule has 0 radical (unpaired) electrons. The van der Waals surface area contributed by atoms with Crippen molar-refractivity contribution < 1.29 is 14.4 Å². The van der Waals surface area contributed by atoms with Gasteiger partial charge >= 0.3 is 12.1 Å². The van der Waals surface area contributed by atoms with E-state index in [2.05, 4.69) is 16.0 Å². The SMILES string of the molecule is Cc1cc(NC(=O)NCCN2C(=O)CNC2=O)cc(C)c1Cl. The molecule has 1 aromatic rings. The standard InChI is InChI=1S/C14H17ClN4O3/c1-8-5-10(6-9(2)12(8)15)18-13(21)16-3-4-19-11(20)7-17-14(19)22/h5-6H,3-4,7H2,1-2H3,(H,17,22)(H2,16,18,21). The smallest absolute Gasteiger partial charge is 0.324 e. The minimum absolute atomic E-state index is 0.00829. The molecule has 1 fully saturated rings. The Morgan fingerprint density at radius 3 is 2.50 bits per heavy atom. The maximum Gasteiger partial charge on any atom is 0.324 e. The number of carbonyl (C=O) groups is 3. The fourth-order valence-corrected chi connectivity index (χ4v) is 2.27. The summed E-state index contributed by atoms with van der Waals surface area (Å²) >= 11 is 6.07. The summed E-state index contributed by atoms with van der Waals surface area (Å²) in [6.45, 7) is 4.04. The number of amides is 5. The Morgan fingerprint density at radius 1 is 1.32 bits per heavy atom. The van der Waals surface area contributed by atoms with Crippen LogP contribution in [-0.2, 0) is 4.79 Å². The van der Waals surface area contributed by atoms with E-state index in [1.807, 2.05) is 13.8 Å². The number of benzene rings is 1. The van der Waals surface area contributed by atoms with Crippen molar-refractivity contribution in [1.82, 2.24) is 15.5 Å². The van der Waals surface area contributed by atoms with Crippen LogP contribution in [0.1, 0.15) is 11.1 Å². The van der Waals surface area contributed by atoms with Crippen LogP contribution in [0, 0.1) is 13.8 Å². The molecule has 3 N–H and O–H groups in total. The van der Waals surface area contributed by atoms with Gasteiger partial charge in [0.25, 0.3) is 0 Å². The van der Waals surface area contributed by atoms with E-state index < -0.39 is 12.1 Å². The number of nitrogens with zero attached hydrogens (tertiary/aromatic N) is 1. The highest BCUT2D eigenvalue weighted by Crippen LogP contribution is 2.24. The number of hydrogen-bond acceptors (Lipinski definition) is 3. The number of aryl methyl sites for hydroxylation is 2. The number of nitrogens with one attached hydrogen (secondary N) is 3. The number of imide groups is 1. The molecule has 0 unspecified atom stereocenters. The number of hydrogen-bond donors (Lipinski definition) is 3. The van der Waals surface area contributed by atoms with Crippen LogP contribution in [-0.4, -0.2) is 42.5 Å². The largest absolute Gasteiger partial charge is 0.336 e. The van der Waals surface area contributed by atoms with Gasteiger partial charge in [0.15, 0.2) is 0 Å². The maximum absolute atomic E-state index is 11.8. The average molecular weight is 325 g/mol. The highest BCUT2D eigenvalue weighted by molar-refractivity contribution is 6.32. The summed E-state index contributed by atoms with van der Waals surface area (Å²) in [4.78, 5) is 35.5. The lowest BCUT2D eigenvalue weighted by atomic mass is 10.1. The van der Waals surface area contributed by atoms with Gasteiger partial charge in [0.05, 0.1) is 6.54 Å². The molecule has 8 heteroatoms. The fraction of sp³-hybridized carbons (Fsp3) is 0.357. The molecule has 0 bridgehead atoms. The molecule has 2 rings (SSSR count). The first-order valence-electron chi connectivity index (χ1n) is 6.78. The topological polar surface area (TPSA) is 90.5 Å². The molecule has 118 valence electrons. The monoisotopic (exact) mass is 324 g/mol. The van der Waals surface area contributed by atoms with Crippen molar-refractivity contribution in [3.8, 4) is 0 Å². The van der Waals surface area contributed by atoms with Crippen LogP contribution >= 0.6 is 11.6 Å². The number of carbonyl (C=O) groups excluding carboxylic acids is 3. The molecule has 5 amide bonds. The van der Waals surface area contributed by atoms with E-state index in [-0.39, 0.29) is 25.5 Å². The Balaban J connectivity index is 1.83. The van der Waals surface area contributed by atoms with Crippen molar-refractivity contribution >= 4 is 35.3 Å². The third kappa shape index (κ3) is 3.67. The number of urea groups is 2. The van der Waals surface area contributed by atoms with Crippen LogP contribution in [0.5, 0.6) is 0 Å². The lowest BCUT2D eigenvalue weighted by Crippen LogP contribution is -2.40. The minimum atomic E-state index is -0.434. The van der Waals surface area contributed by atoms with Crippen LogP contribution in [0.4, 0.5) is 15.3 Å². The lowest BCUT2D eigenvalue weighted by molar-refractivity contribution is -0.124. The van der Waals surface area contributed by atoms with E-state index in [1.165, 1.54) is 0 Å². The predicted octanol–water partition coefficient (Wildman–Crippen LogP) is 1.63. The summed E-state index contributed by atoms with van der Waals surface area (Å²) < 4.78 is 0. The van der Waals surface area contributed by atoms with Crippen molar-refractivity contribution in [1.29, 1.82) is 0 Å². The Bertz CT molecular complexity index is 594. The van der Waals surface area contributed by atoms with Crippen molar-refractivity contribution in [2.24, 2.45) is 0 Å². The van der Waals surface area contributed by atoms with Gasteiger partial charge in [-0.15, -0.1) is 0 Å². The Morgan fingerprint density at radius 2 is 1.95 bits per heavy atom. The van der Waals surface area contributed by atoms with Gasteiger partial charge < -0.3 is 16.0 Å². The normalized spacial score (nSPS) is 14.0. The Kier molecular flexibility index (Phi) is 4.87. The van der Waals surface area contributed by atoms with Gasteiger partial charge in [-0.25, -0.2) is 9.59 Å². The van der Waals surface area contributed by atoms with E-state index in [0.29, 0.717) is 10.7 Å². The van der Waals surface area contributed by atoms with Gasteiger partial charge in [-0.2, -0.15) is 0 Å². The number of anilines is 1. The summed E-state index contributed by atoms with van der Waals surface area (Å²) in [6, 6.07) is 2.70. The van der Waals surface area contributed by atoms with Gasteiger partial charge in [0.2, 0.25) is 5.91 Å². The lowest BCUT2D eigenvalue weighted by Gasteiger charge is -2.14. The number of rotatable bonds is 4. The van der Waals surface area contributed by atoms with Gasteiger partial charge in [-0.1, -0.05) is 11.6 Å². The molecule has 1 aliphatic heterocycles. The van der Waals surface area contributed by atoms with E-state index in [0.717, 1.165) is 16.0 Å². The summed E-state index contributed by atoms with van der Waals surface area (Å²) in [7, 11) is 0. The molecule has 0 aromatic heterocycles. The first kappa shape index (κ1) is 16.1. The van der Waals surface area contributed by atoms with Crippen LogP contribution in [0.25, 0.3) is 0 Å². The third-order valence-corrected chi connectivity index (χ3v) is 3.85. The second-order valence-electron chi connectivity index (χ2n) is 5.01. The van der Waals surface area contributed by atoms with Crippen LogP contribution in [0.3, 0.4) is 0 Å². The van der Waals surface area contributed by atoms with Crippen LogP contribution in [0.15, 0.2) is 12.1 Å². The summed E-state index contributed by atoms with van der Waals surface area (Å²) in [6.07, 6.45) is 0. The highest BCUT2D eigenvalue weighted by atomic mass is 35.5. The minimum Gasteiger partial charge on any atom is -0.336 e. The molecule has 1 heterocycles. The first-order chi connectivity index (χ1) is 10.4. The first-order valence-corrected chi connectivity index (χ1v) is 7.16. The zero-order valence-electron chi connectivity index (χ0n) is 12.3. The predicted molar refractivity (Wildman–Crippen MR) is 83.1 cm³/mol. The quantitative estimate of drug-likeness (QED) is 0.735. The molecule has 0 aliphatic carbocycles. The Labute approximate surface area is 133 Å². The zero-order chi connectivity index (χ0) is 16.3. The fourth-order valence-electron chi connectivity index (χ4n) is 2.16. The van der Waals surface area contributed by atoms with Crippen LogP contribution < -0.4 is 16.0 Å². The van der Waals surface area contributed by atoms with E-state index in [4.69, 9.17) is 11.6 Å². The molecule has 1 aliphatic rings. The van der Waals surface area contributed by atoms with Gasteiger partial charge in [0.1, 0.15) is 0 Å². The zero-order valence-corrected chi connectivity index (χ0v) is 13.1. The summed E-state index contributed by atoms with van der Waals surface area (Å²) in [5.41, 5.74) is 2.37. The highest BCUT2D eigenvalue weighted by Gasteiger charge is 2.27. The van der Waals surface area contributed by atoms with E-state index >= 15 is 0 Å². The van der Waals surface area contributed by atoms with Gasteiger partial charge in [-0.3, -0.25) is 9.69 Å².